The first kappa shape index (κ1) is 15.5. The summed E-state index contributed by atoms with van der Waals surface area (Å²) in [5.41, 5.74) is 7.54. The van der Waals surface area contributed by atoms with Gasteiger partial charge in [-0.3, -0.25) is 4.79 Å². The molecule has 6 nitrogen and oxygen atoms in total. The van der Waals surface area contributed by atoms with Crippen molar-refractivity contribution in [1.82, 2.24) is 15.1 Å². The van der Waals surface area contributed by atoms with Gasteiger partial charge in [0.15, 0.2) is 0 Å². The first-order valence-electron chi connectivity index (χ1n) is 6.59. The van der Waals surface area contributed by atoms with Crippen LogP contribution in [0, 0.1) is 12.8 Å². The Morgan fingerprint density at radius 2 is 2.26 bits per heavy atom. The Labute approximate surface area is 114 Å². The van der Waals surface area contributed by atoms with Crippen LogP contribution in [-0.2, 0) is 18.3 Å². The molecule has 1 unspecified atom stereocenters. The van der Waals surface area contributed by atoms with E-state index in [1.165, 1.54) is 0 Å². The van der Waals surface area contributed by atoms with Crippen molar-refractivity contribution in [3.8, 4) is 5.88 Å². The zero-order chi connectivity index (χ0) is 14.4. The molecule has 1 aromatic heterocycles. The van der Waals surface area contributed by atoms with Gasteiger partial charge in [0.1, 0.15) is 0 Å². The molecule has 0 aliphatic rings. The number of aryl methyl sites for hydroxylation is 2. The van der Waals surface area contributed by atoms with E-state index < -0.39 is 0 Å². The lowest BCUT2D eigenvalue weighted by atomic mass is 9.98. The maximum absolute atomic E-state index is 12.0. The highest BCUT2D eigenvalue weighted by molar-refractivity contribution is 5.79. The van der Waals surface area contributed by atoms with Gasteiger partial charge in [0, 0.05) is 25.7 Å². The zero-order valence-corrected chi connectivity index (χ0v) is 12.2. The lowest BCUT2D eigenvalue weighted by Gasteiger charge is -2.15. The summed E-state index contributed by atoms with van der Waals surface area (Å²) in [5, 5.41) is 7.19. The summed E-state index contributed by atoms with van der Waals surface area (Å²) in [6.07, 6.45) is 1.47. The van der Waals surface area contributed by atoms with Gasteiger partial charge in [-0.15, -0.1) is 0 Å². The average Bonchev–Trinajstić information content (AvgIpc) is 2.66. The molecule has 0 saturated carbocycles. The third-order valence-electron chi connectivity index (χ3n) is 3.14. The highest BCUT2D eigenvalue weighted by atomic mass is 16.5. The molecule has 0 aliphatic heterocycles. The minimum absolute atomic E-state index is 0.00495. The molecular formula is C13H24N4O2. The van der Waals surface area contributed by atoms with Gasteiger partial charge in [0.25, 0.3) is 0 Å². The average molecular weight is 268 g/mol. The van der Waals surface area contributed by atoms with Crippen LogP contribution in [0.4, 0.5) is 0 Å². The van der Waals surface area contributed by atoms with Gasteiger partial charge < -0.3 is 15.8 Å². The second-order valence-electron chi connectivity index (χ2n) is 4.62. The van der Waals surface area contributed by atoms with Crippen molar-refractivity contribution in [2.75, 3.05) is 20.2 Å². The standard InChI is InChI=1S/C13H24N4O2/c1-5-6-15-12(18)10(8-14)7-11-9(2)16-17(3)13(11)19-4/h10H,5-8,14H2,1-4H3,(H,15,18). The number of hydrogen-bond acceptors (Lipinski definition) is 4. The maximum atomic E-state index is 12.0. The highest BCUT2D eigenvalue weighted by Gasteiger charge is 2.22. The van der Waals surface area contributed by atoms with Crippen molar-refractivity contribution >= 4 is 5.91 Å². The van der Waals surface area contributed by atoms with Crippen LogP contribution in [0.1, 0.15) is 24.6 Å². The summed E-state index contributed by atoms with van der Waals surface area (Å²) in [4.78, 5) is 12.0. The van der Waals surface area contributed by atoms with Crippen LogP contribution in [0.2, 0.25) is 0 Å². The highest BCUT2D eigenvalue weighted by Crippen LogP contribution is 2.24. The van der Waals surface area contributed by atoms with E-state index in [1.807, 2.05) is 20.9 Å². The number of nitrogens with two attached hydrogens (primary N) is 1. The minimum atomic E-state index is -0.247. The molecule has 6 heteroatoms. The lowest BCUT2D eigenvalue weighted by molar-refractivity contribution is -0.124. The molecule has 1 rings (SSSR count). The minimum Gasteiger partial charge on any atom is -0.481 e. The largest absolute Gasteiger partial charge is 0.481 e. The van der Waals surface area contributed by atoms with Crippen LogP contribution in [0.15, 0.2) is 0 Å². The Kier molecular flexibility index (Phi) is 5.82. The van der Waals surface area contributed by atoms with Gasteiger partial charge in [0.05, 0.1) is 18.7 Å². The molecule has 1 amide bonds. The predicted molar refractivity (Wildman–Crippen MR) is 74.0 cm³/mol. The van der Waals surface area contributed by atoms with E-state index in [2.05, 4.69) is 10.4 Å². The number of methoxy groups -OCH3 is 1. The van der Waals surface area contributed by atoms with Crippen LogP contribution >= 0.6 is 0 Å². The molecular weight excluding hydrogens is 244 g/mol. The summed E-state index contributed by atoms with van der Waals surface area (Å²) in [7, 11) is 3.43. The van der Waals surface area contributed by atoms with Gasteiger partial charge in [-0.05, 0) is 19.8 Å². The van der Waals surface area contributed by atoms with Crippen LogP contribution in [0.25, 0.3) is 0 Å². The third kappa shape index (κ3) is 3.70. The molecule has 0 aromatic carbocycles. The molecule has 1 aromatic rings. The first-order chi connectivity index (χ1) is 9.04. The predicted octanol–water partition coefficient (Wildman–Crippen LogP) is 0.381. The summed E-state index contributed by atoms with van der Waals surface area (Å²) >= 11 is 0. The van der Waals surface area contributed by atoms with Crippen molar-refractivity contribution < 1.29 is 9.53 Å². The number of hydrogen-bond donors (Lipinski definition) is 2. The summed E-state index contributed by atoms with van der Waals surface area (Å²) in [5.74, 6) is 0.442. The number of carbonyl (C=O) groups is 1. The maximum Gasteiger partial charge on any atom is 0.224 e. The lowest BCUT2D eigenvalue weighted by Crippen LogP contribution is -2.36. The van der Waals surface area contributed by atoms with Gasteiger partial charge >= 0.3 is 0 Å². The summed E-state index contributed by atoms with van der Waals surface area (Å²) in [6.45, 7) is 4.92. The van der Waals surface area contributed by atoms with Crippen molar-refractivity contribution in [2.45, 2.75) is 26.7 Å². The SMILES string of the molecule is CCCNC(=O)C(CN)Cc1c(C)nn(C)c1OC. The van der Waals surface area contributed by atoms with Crippen LogP contribution < -0.4 is 15.8 Å². The van der Waals surface area contributed by atoms with E-state index in [0.717, 1.165) is 17.7 Å². The summed E-state index contributed by atoms with van der Waals surface area (Å²) < 4.78 is 7.01. The van der Waals surface area contributed by atoms with Crippen molar-refractivity contribution in [1.29, 1.82) is 0 Å². The first-order valence-corrected chi connectivity index (χ1v) is 6.59. The van der Waals surface area contributed by atoms with E-state index in [0.29, 0.717) is 25.4 Å². The number of amides is 1. The molecule has 0 saturated heterocycles. The van der Waals surface area contributed by atoms with Crippen molar-refractivity contribution in [3.05, 3.63) is 11.3 Å². The van der Waals surface area contributed by atoms with E-state index in [4.69, 9.17) is 10.5 Å². The van der Waals surface area contributed by atoms with Gasteiger partial charge in [0.2, 0.25) is 11.8 Å². The van der Waals surface area contributed by atoms with Gasteiger partial charge in [-0.25, -0.2) is 4.68 Å². The molecule has 108 valence electrons. The summed E-state index contributed by atoms with van der Waals surface area (Å²) in [6, 6.07) is 0. The number of carbonyl (C=O) groups excluding carboxylic acids is 1. The molecule has 1 heterocycles. The molecule has 0 bridgehead atoms. The van der Waals surface area contributed by atoms with Crippen LogP contribution in [0.5, 0.6) is 5.88 Å². The fraction of sp³-hybridized carbons (Fsp3) is 0.692. The molecule has 0 fully saturated rings. The Hall–Kier alpha value is -1.56. The van der Waals surface area contributed by atoms with E-state index in [-0.39, 0.29) is 11.8 Å². The monoisotopic (exact) mass is 268 g/mol. The van der Waals surface area contributed by atoms with Gasteiger partial charge in [-0.2, -0.15) is 5.10 Å². The Balaban J connectivity index is 2.83. The van der Waals surface area contributed by atoms with Crippen LogP contribution in [-0.4, -0.2) is 35.9 Å². The fourth-order valence-corrected chi connectivity index (χ4v) is 2.09. The quantitative estimate of drug-likeness (QED) is 0.749. The fourth-order valence-electron chi connectivity index (χ4n) is 2.09. The third-order valence-corrected chi connectivity index (χ3v) is 3.14. The molecule has 0 spiro atoms. The molecule has 1 atom stereocenters. The topological polar surface area (TPSA) is 82.2 Å². The zero-order valence-electron chi connectivity index (χ0n) is 12.2. The molecule has 0 radical (unpaired) electrons. The number of nitrogens with one attached hydrogen (secondary N) is 1. The number of aromatic nitrogens is 2. The Morgan fingerprint density at radius 1 is 1.58 bits per heavy atom. The number of nitrogens with zero attached hydrogens (tertiary/aromatic N) is 2. The molecule has 19 heavy (non-hydrogen) atoms. The Morgan fingerprint density at radius 3 is 2.79 bits per heavy atom. The van der Waals surface area contributed by atoms with E-state index >= 15 is 0 Å². The Bertz CT molecular complexity index is 429. The normalized spacial score (nSPS) is 12.3. The smallest absolute Gasteiger partial charge is 0.224 e. The van der Waals surface area contributed by atoms with Crippen molar-refractivity contribution in [3.63, 3.8) is 0 Å². The molecule has 3 N–H and O–H groups in total. The van der Waals surface area contributed by atoms with E-state index in [1.54, 1.807) is 11.8 Å². The van der Waals surface area contributed by atoms with Crippen LogP contribution in [0.3, 0.4) is 0 Å². The van der Waals surface area contributed by atoms with Gasteiger partial charge in [-0.1, -0.05) is 6.92 Å². The van der Waals surface area contributed by atoms with E-state index in [9.17, 15) is 4.79 Å². The molecule has 0 aliphatic carbocycles. The van der Waals surface area contributed by atoms with Crippen molar-refractivity contribution in [2.24, 2.45) is 18.7 Å². The number of rotatable bonds is 7. The second kappa shape index (κ2) is 7.13. The number of ether oxygens (including phenoxy) is 1. The second-order valence-corrected chi connectivity index (χ2v) is 4.62.